The second-order valence-corrected chi connectivity index (χ2v) is 6.73. The van der Waals surface area contributed by atoms with Gasteiger partial charge in [0.05, 0.1) is 10.8 Å². The Morgan fingerprint density at radius 3 is 2.04 bits per heavy atom. The van der Waals surface area contributed by atoms with E-state index in [1.807, 2.05) is 6.07 Å². The summed E-state index contributed by atoms with van der Waals surface area (Å²) in [6, 6.07) is 29.7. The summed E-state index contributed by atoms with van der Waals surface area (Å²) in [5, 5.41) is 6.00. The van der Waals surface area contributed by atoms with Crippen molar-refractivity contribution in [1.29, 1.82) is 0 Å². The maximum atomic E-state index is 6.37. The third kappa shape index (κ3) is 2.88. The van der Waals surface area contributed by atoms with E-state index in [4.69, 9.17) is 5.73 Å². The third-order valence-corrected chi connectivity index (χ3v) is 5.10. The Morgan fingerprint density at radius 2 is 1.26 bits per heavy atom. The van der Waals surface area contributed by atoms with Gasteiger partial charge < -0.3 is 18.1 Å². The molecule has 5 aromatic rings. The second-order valence-electron chi connectivity index (χ2n) is 6.73. The monoisotopic (exact) mass is 370 g/mol. The van der Waals surface area contributed by atoms with Gasteiger partial charge >= 0.3 is 0 Å². The first-order valence-electron chi connectivity index (χ1n) is 8.87. The molecule has 2 nitrogen and oxygen atoms in total. The van der Waals surface area contributed by atoms with Gasteiger partial charge in [0.25, 0.3) is 0 Å². The number of hydrogen-bond donors (Lipinski definition) is 1. The van der Waals surface area contributed by atoms with Crippen molar-refractivity contribution in [2.24, 2.45) is 0 Å². The first kappa shape index (κ1) is 17.3. The van der Waals surface area contributed by atoms with Crippen molar-refractivity contribution in [3.05, 3.63) is 96.7 Å². The van der Waals surface area contributed by atoms with Gasteiger partial charge in [0, 0.05) is 28.1 Å². The minimum Gasteiger partial charge on any atom is -1.00 e. The van der Waals surface area contributed by atoms with E-state index < -0.39 is 0 Å². The lowest BCUT2D eigenvalue weighted by Gasteiger charge is -2.10. The number of halogens is 1. The van der Waals surface area contributed by atoms with Crippen molar-refractivity contribution in [3.8, 4) is 0 Å². The molecule has 0 radical (unpaired) electrons. The molecule has 0 aliphatic heterocycles. The number of rotatable bonds is 2. The van der Waals surface area contributed by atoms with Crippen LogP contribution in [0, 0.1) is 0 Å². The van der Waals surface area contributed by atoms with Crippen LogP contribution in [0.3, 0.4) is 0 Å². The van der Waals surface area contributed by atoms with Gasteiger partial charge in [-0.15, -0.1) is 0 Å². The molecule has 0 aliphatic carbocycles. The second kappa shape index (κ2) is 6.90. The number of nitrogens with zero attached hydrogens (tertiary/aromatic N) is 1. The lowest BCUT2D eigenvalue weighted by molar-refractivity contribution is -0.661. The Kier molecular flexibility index (Phi) is 4.43. The molecule has 2 N–H and O–H groups in total. The van der Waals surface area contributed by atoms with Gasteiger partial charge in [0.1, 0.15) is 0 Å². The van der Waals surface area contributed by atoms with Crippen LogP contribution >= 0.6 is 0 Å². The van der Waals surface area contributed by atoms with Crippen LogP contribution in [0.5, 0.6) is 0 Å². The molecule has 27 heavy (non-hydrogen) atoms. The van der Waals surface area contributed by atoms with Crippen molar-refractivity contribution in [2.75, 3.05) is 5.73 Å². The first-order chi connectivity index (χ1) is 12.8. The molecule has 0 saturated carbocycles. The SMILES string of the molecule is Nc1cc2c(c[n+](Cc3ccccc3)c3ccccc23)c2ccccc12.[Cl-]. The summed E-state index contributed by atoms with van der Waals surface area (Å²) in [5.74, 6) is 0. The van der Waals surface area contributed by atoms with E-state index in [-0.39, 0.29) is 12.4 Å². The summed E-state index contributed by atoms with van der Waals surface area (Å²) in [6.45, 7) is 0.843. The smallest absolute Gasteiger partial charge is 0.213 e. The molecule has 0 amide bonds. The van der Waals surface area contributed by atoms with Crippen LogP contribution in [-0.2, 0) is 6.54 Å². The number of nitrogen functional groups attached to an aromatic ring is 1. The number of para-hydroxylation sites is 1. The highest BCUT2D eigenvalue weighted by Crippen LogP contribution is 2.33. The molecule has 0 bridgehead atoms. The summed E-state index contributed by atoms with van der Waals surface area (Å²) >= 11 is 0. The number of hydrogen-bond acceptors (Lipinski definition) is 1. The van der Waals surface area contributed by atoms with Gasteiger partial charge in [0.15, 0.2) is 12.7 Å². The fraction of sp³-hybridized carbons (Fsp3) is 0.0417. The van der Waals surface area contributed by atoms with E-state index in [9.17, 15) is 0 Å². The zero-order valence-electron chi connectivity index (χ0n) is 14.8. The molecule has 1 heterocycles. The van der Waals surface area contributed by atoms with Crippen molar-refractivity contribution in [2.45, 2.75) is 6.54 Å². The van der Waals surface area contributed by atoms with Crippen LogP contribution in [0.4, 0.5) is 5.69 Å². The van der Waals surface area contributed by atoms with Crippen LogP contribution in [0.1, 0.15) is 5.56 Å². The van der Waals surface area contributed by atoms with Gasteiger partial charge in [-0.1, -0.05) is 66.7 Å². The van der Waals surface area contributed by atoms with Crippen molar-refractivity contribution >= 4 is 38.1 Å². The Bertz CT molecular complexity index is 1260. The Hall–Kier alpha value is -3.10. The quantitative estimate of drug-likeness (QED) is 0.288. The van der Waals surface area contributed by atoms with Crippen LogP contribution in [0.2, 0.25) is 0 Å². The van der Waals surface area contributed by atoms with Crippen LogP contribution in [0.15, 0.2) is 91.1 Å². The summed E-state index contributed by atoms with van der Waals surface area (Å²) in [7, 11) is 0. The number of aromatic nitrogens is 1. The topological polar surface area (TPSA) is 29.9 Å². The van der Waals surface area contributed by atoms with Crippen LogP contribution in [0.25, 0.3) is 32.4 Å². The van der Waals surface area contributed by atoms with Gasteiger partial charge in [-0.25, -0.2) is 0 Å². The average Bonchev–Trinajstić information content (AvgIpc) is 2.70. The molecule has 0 saturated heterocycles. The lowest BCUT2D eigenvalue weighted by atomic mass is 9.98. The Labute approximate surface area is 164 Å². The average molecular weight is 371 g/mol. The summed E-state index contributed by atoms with van der Waals surface area (Å²) < 4.78 is 2.34. The summed E-state index contributed by atoms with van der Waals surface area (Å²) in [4.78, 5) is 0. The van der Waals surface area contributed by atoms with Gasteiger partial charge in [-0.05, 0) is 17.5 Å². The zero-order chi connectivity index (χ0) is 17.5. The fourth-order valence-corrected chi connectivity index (χ4v) is 3.88. The number of pyridine rings is 1. The van der Waals surface area contributed by atoms with Crippen molar-refractivity contribution in [1.82, 2.24) is 0 Å². The largest absolute Gasteiger partial charge is 1.00 e. The highest BCUT2D eigenvalue weighted by Gasteiger charge is 2.16. The molecule has 0 fully saturated rings. The van der Waals surface area contributed by atoms with Crippen LogP contribution < -0.4 is 22.7 Å². The third-order valence-electron chi connectivity index (χ3n) is 5.10. The predicted molar refractivity (Wildman–Crippen MR) is 109 cm³/mol. The van der Waals surface area contributed by atoms with Crippen LogP contribution in [-0.4, -0.2) is 0 Å². The molecular formula is C24H19ClN2. The summed E-state index contributed by atoms with van der Waals surface area (Å²) in [5.41, 5.74) is 9.71. The Morgan fingerprint density at radius 1 is 0.630 bits per heavy atom. The van der Waals surface area contributed by atoms with Crippen molar-refractivity contribution < 1.29 is 17.0 Å². The Balaban J connectivity index is 0.00000180. The number of fused-ring (bicyclic) bond motifs is 5. The highest BCUT2D eigenvalue weighted by atomic mass is 35.5. The molecule has 3 heteroatoms. The maximum absolute atomic E-state index is 6.37. The zero-order valence-corrected chi connectivity index (χ0v) is 15.5. The molecule has 0 aliphatic rings. The predicted octanol–water partition coefficient (Wildman–Crippen LogP) is 2.07. The van der Waals surface area contributed by atoms with Gasteiger partial charge in [-0.2, -0.15) is 4.57 Å². The lowest BCUT2D eigenvalue weighted by Crippen LogP contribution is -3.00. The molecule has 132 valence electrons. The molecule has 0 spiro atoms. The molecule has 4 aromatic carbocycles. The van der Waals surface area contributed by atoms with Gasteiger partial charge in [0.2, 0.25) is 5.52 Å². The molecule has 0 atom stereocenters. The number of nitrogens with two attached hydrogens (primary N) is 1. The number of benzene rings is 4. The molecular weight excluding hydrogens is 352 g/mol. The summed E-state index contributed by atoms with van der Waals surface area (Å²) in [6.07, 6.45) is 2.27. The minimum atomic E-state index is 0. The molecule has 5 rings (SSSR count). The minimum absolute atomic E-state index is 0. The van der Waals surface area contributed by atoms with E-state index in [1.165, 1.54) is 32.6 Å². The maximum Gasteiger partial charge on any atom is 0.213 e. The van der Waals surface area contributed by atoms with E-state index in [0.29, 0.717) is 0 Å². The first-order valence-corrected chi connectivity index (χ1v) is 8.87. The standard InChI is InChI=1S/C24H18N2.ClH/c25-23-14-21-20-12-6-7-13-24(20)26(15-17-8-2-1-3-9-17)16-22(21)18-10-4-5-11-19(18)23;/h1-14,16,25H,15H2;1H. The van der Waals surface area contributed by atoms with E-state index in [0.717, 1.165) is 17.6 Å². The highest BCUT2D eigenvalue weighted by molar-refractivity contribution is 6.18. The normalized spacial score (nSPS) is 11.0. The van der Waals surface area contributed by atoms with E-state index in [2.05, 4.69) is 89.6 Å². The molecule has 1 aromatic heterocycles. The van der Waals surface area contributed by atoms with Gasteiger partial charge in [-0.3, -0.25) is 0 Å². The number of anilines is 1. The fourth-order valence-electron chi connectivity index (χ4n) is 3.88. The van der Waals surface area contributed by atoms with E-state index in [1.54, 1.807) is 0 Å². The molecule has 0 unspecified atom stereocenters. The van der Waals surface area contributed by atoms with Crippen molar-refractivity contribution in [3.63, 3.8) is 0 Å². The van der Waals surface area contributed by atoms with E-state index >= 15 is 0 Å².